The number of hydrogen-bond donors (Lipinski definition) is 1. The van der Waals surface area contributed by atoms with Gasteiger partial charge in [-0.15, -0.1) is 4.40 Å². The van der Waals surface area contributed by atoms with Gasteiger partial charge in [-0.1, -0.05) is 19.1 Å². The van der Waals surface area contributed by atoms with Crippen LogP contribution in [0.4, 0.5) is 4.79 Å². The van der Waals surface area contributed by atoms with Crippen molar-refractivity contribution in [2.24, 2.45) is 4.40 Å². The lowest BCUT2D eigenvalue weighted by Crippen LogP contribution is -2.53. The summed E-state index contributed by atoms with van der Waals surface area (Å²) < 4.78 is 28.1. The molecule has 2 aliphatic heterocycles. The molecule has 2 amide bonds. The van der Waals surface area contributed by atoms with E-state index in [4.69, 9.17) is 0 Å². The van der Waals surface area contributed by atoms with Crippen LogP contribution in [0.1, 0.15) is 18.9 Å². The zero-order valence-electron chi connectivity index (χ0n) is 13.0. The Morgan fingerprint density at radius 1 is 1.22 bits per heavy atom. The summed E-state index contributed by atoms with van der Waals surface area (Å²) in [6.45, 7) is 4.92. The molecule has 7 nitrogen and oxygen atoms in total. The van der Waals surface area contributed by atoms with Gasteiger partial charge in [-0.05, 0) is 18.6 Å². The first kappa shape index (κ1) is 15.8. The minimum Gasteiger partial charge on any atom is -0.352 e. The highest BCUT2D eigenvalue weighted by molar-refractivity contribution is 7.90. The molecule has 0 aromatic heterocycles. The van der Waals surface area contributed by atoms with E-state index in [9.17, 15) is 13.2 Å². The van der Waals surface area contributed by atoms with Crippen LogP contribution < -0.4 is 5.32 Å². The Bertz CT molecular complexity index is 737. The monoisotopic (exact) mass is 336 g/mol. The molecule has 3 rings (SSSR count). The van der Waals surface area contributed by atoms with E-state index in [1.165, 1.54) is 0 Å². The van der Waals surface area contributed by atoms with Crippen molar-refractivity contribution in [1.82, 2.24) is 15.1 Å². The highest BCUT2D eigenvalue weighted by Gasteiger charge is 2.33. The predicted molar refractivity (Wildman–Crippen MR) is 87.0 cm³/mol. The number of urea groups is 1. The highest BCUT2D eigenvalue weighted by atomic mass is 32.2. The number of nitrogens with zero attached hydrogens (tertiary/aromatic N) is 3. The number of fused-ring (bicyclic) bond motifs is 1. The summed E-state index contributed by atoms with van der Waals surface area (Å²) in [5.41, 5.74) is 0.649. The Hall–Kier alpha value is -2.09. The van der Waals surface area contributed by atoms with Crippen molar-refractivity contribution >= 4 is 21.9 Å². The SMILES string of the molecule is CCCNC(=O)N1CCN(C2=NS(=O)(=O)c3ccccc32)CC1. The summed E-state index contributed by atoms with van der Waals surface area (Å²) in [4.78, 5) is 15.9. The van der Waals surface area contributed by atoms with Gasteiger partial charge in [0.25, 0.3) is 10.0 Å². The lowest BCUT2D eigenvalue weighted by Gasteiger charge is -2.35. The van der Waals surface area contributed by atoms with Crippen molar-refractivity contribution in [3.05, 3.63) is 29.8 Å². The number of rotatable bonds is 2. The topological polar surface area (TPSA) is 82.1 Å². The Morgan fingerprint density at radius 3 is 2.61 bits per heavy atom. The van der Waals surface area contributed by atoms with E-state index in [2.05, 4.69) is 9.71 Å². The first-order valence-electron chi connectivity index (χ1n) is 7.75. The normalized spacial score (nSPS) is 19.3. The fourth-order valence-electron chi connectivity index (χ4n) is 2.78. The Morgan fingerprint density at radius 2 is 1.91 bits per heavy atom. The summed E-state index contributed by atoms with van der Waals surface area (Å²) in [5.74, 6) is 0.495. The molecule has 8 heteroatoms. The average Bonchev–Trinajstić information content (AvgIpc) is 2.85. The van der Waals surface area contributed by atoms with Crippen molar-refractivity contribution in [3.8, 4) is 0 Å². The Labute approximate surface area is 136 Å². The largest absolute Gasteiger partial charge is 0.352 e. The van der Waals surface area contributed by atoms with Crippen LogP contribution >= 0.6 is 0 Å². The molecule has 0 bridgehead atoms. The minimum absolute atomic E-state index is 0.0621. The molecule has 0 spiro atoms. The molecule has 2 aliphatic rings. The van der Waals surface area contributed by atoms with Crippen molar-refractivity contribution in [3.63, 3.8) is 0 Å². The van der Waals surface area contributed by atoms with E-state index in [-0.39, 0.29) is 10.9 Å². The number of benzene rings is 1. The fraction of sp³-hybridized carbons (Fsp3) is 0.467. The number of carbonyl (C=O) groups is 1. The molecule has 23 heavy (non-hydrogen) atoms. The summed E-state index contributed by atoms with van der Waals surface area (Å²) in [5, 5.41) is 2.86. The van der Waals surface area contributed by atoms with Gasteiger partial charge in [0.2, 0.25) is 0 Å². The number of carbonyl (C=O) groups excluding carboxylic acids is 1. The molecule has 0 saturated carbocycles. The van der Waals surface area contributed by atoms with Crippen LogP contribution in [0.5, 0.6) is 0 Å². The average molecular weight is 336 g/mol. The second-order valence-electron chi connectivity index (χ2n) is 5.59. The van der Waals surface area contributed by atoms with Crippen LogP contribution in [0.15, 0.2) is 33.6 Å². The van der Waals surface area contributed by atoms with Crippen molar-refractivity contribution in [1.29, 1.82) is 0 Å². The van der Waals surface area contributed by atoms with E-state index in [1.807, 2.05) is 17.9 Å². The van der Waals surface area contributed by atoms with Gasteiger partial charge in [-0.25, -0.2) is 4.79 Å². The third-order valence-corrected chi connectivity index (χ3v) is 5.33. The van der Waals surface area contributed by atoms with Crippen LogP contribution in [0.2, 0.25) is 0 Å². The van der Waals surface area contributed by atoms with Crippen LogP contribution in [0.25, 0.3) is 0 Å². The molecule has 0 radical (unpaired) electrons. The second-order valence-corrected chi connectivity index (χ2v) is 7.16. The lowest BCUT2D eigenvalue weighted by molar-refractivity contribution is 0.170. The number of hydrogen-bond acceptors (Lipinski definition) is 4. The third kappa shape index (κ3) is 3.03. The molecule has 0 aliphatic carbocycles. The number of piperazine rings is 1. The summed E-state index contributed by atoms with van der Waals surface area (Å²) in [6.07, 6.45) is 0.900. The van der Waals surface area contributed by atoms with Crippen LogP contribution in [-0.4, -0.2) is 62.8 Å². The van der Waals surface area contributed by atoms with Crippen LogP contribution in [0, 0.1) is 0 Å². The fourth-order valence-corrected chi connectivity index (χ4v) is 4.01. The molecule has 1 aromatic rings. The zero-order chi connectivity index (χ0) is 16.4. The summed E-state index contributed by atoms with van der Waals surface area (Å²) in [7, 11) is -3.59. The van der Waals surface area contributed by atoms with Crippen molar-refractivity contribution < 1.29 is 13.2 Å². The van der Waals surface area contributed by atoms with Crippen LogP contribution in [0.3, 0.4) is 0 Å². The smallest absolute Gasteiger partial charge is 0.317 e. The van der Waals surface area contributed by atoms with E-state index >= 15 is 0 Å². The zero-order valence-corrected chi connectivity index (χ0v) is 13.8. The first-order valence-corrected chi connectivity index (χ1v) is 9.19. The third-order valence-electron chi connectivity index (χ3n) is 4.01. The quantitative estimate of drug-likeness (QED) is 0.869. The van der Waals surface area contributed by atoms with Crippen molar-refractivity contribution in [2.75, 3.05) is 32.7 Å². The molecule has 1 aromatic carbocycles. The van der Waals surface area contributed by atoms with Gasteiger partial charge in [0.05, 0.1) is 0 Å². The van der Waals surface area contributed by atoms with Gasteiger partial charge >= 0.3 is 6.03 Å². The van der Waals surface area contributed by atoms with Gasteiger partial charge in [-0.2, -0.15) is 8.42 Å². The van der Waals surface area contributed by atoms with E-state index in [0.29, 0.717) is 44.1 Å². The van der Waals surface area contributed by atoms with E-state index in [1.54, 1.807) is 23.1 Å². The van der Waals surface area contributed by atoms with Crippen molar-refractivity contribution in [2.45, 2.75) is 18.2 Å². The maximum Gasteiger partial charge on any atom is 0.317 e. The van der Waals surface area contributed by atoms with E-state index in [0.717, 1.165) is 6.42 Å². The number of sulfonamides is 1. The molecule has 2 heterocycles. The highest BCUT2D eigenvalue weighted by Crippen LogP contribution is 2.27. The molecular weight excluding hydrogens is 316 g/mol. The number of amidine groups is 1. The molecule has 1 saturated heterocycles. The van der Waals surface area contributed by atoms with Gasteiger partial charge in [-0.3, -0.25) is 0 Å². The van der Waals surface area contributed by atoms with Gasteiger partial charge in [0, 0.05) is 38.3 Å². The minimum atomic E-state index is -3.59. The Kier molecular flexibility index (Phi) is 4.25. The molecular formula is C15H20N4O3S. The number of nitrogens with one attached hydrogen (secondary N) is 1. The molecule has 1 fully saturated rings. The molecule has 1 N–H and O–H groups in total. The molecule has 0 unspecified atom stereocenters. The standard InChI is InChI=1S/C15H20N4O3S/c1-2-7-16-15(20)19-10-8-18(9-11-19)14-12-5-3-4-6-13(12)23(21,22)17-14/h3-6H,2,7-11H2,1H3,(H,16,20). The summed E-state index contributed by atoms with van der Waals surface area (Å²) in [6, 6.07) is 6.80. The maximum absolute atomic E-state index is 12.1. The molecule has 124 valence electrons. The number of amides is 2. The first-order chi connectivity index (χ1) is 11.0. The van der Waals surface area contributed by atoms with Gasteiger partial charge < -0.3 is 15.1 Å². The summed E-state index contributed by atoms with van der Waals surface area (Å²) >= 11 is 0. The molecule has 0 atom stereocenters. The maximum atomic E-state index is 12.1. The van der Waals surface area contributed by atoms with Gasteiger partial charge in [0.15, 0.2) is 5.84 Å². The van der Waals surface area contributed by atoms with Crippen LogP contribution in [-0.2, 0) is 10.0 Å². The Balaban J connectivity index is 1.71. The van der Waals surface area contributed by atoms with E-state index < -0.39 is 10.0 Å². The second kappa shape index (κ2) is 6.19. The van der Waals surface area contributed by atoms with Gasteiger partial charge in [0.1, 0.15) is 4.90 Å². The lowest BCUT2D eigenvalue weighted by atomic mass is 10.1. The predicted octanol–water partition coefficient (Wildman–Crippen LogP) is 0.873.